The maximum absolute atomic E-state index is 15.8. The van der Waals surface area contributed by atoms with Crippen LogP contribution in [-0.4, -0.2) is 39.9 Å². The molecule has 0 aliphatic carbocycles. The van der Waals surface area contributed by atoms with Crippen LogP contribution < -0.4 is 4.74 Å². The molecule has 2 aromatic heterocycles. The van der Waals surface area contributed by atoms with Crippen molar-refractivity contribution in [3.05, 3.63) is 144 Å². The minimum absolute atomic E-state index is 0.0275. The number of nitrogens with zero attached hydrogens (tertiary/aromatic N) is 3. The van der Waals surface area contributed by atoms with E-state index in [1.807, 2.05) is 37.3 Å². The highest BCUT2D eigenvalue weighted by atomic mass is 32.2. The molecule has 6 aromatic rings. The van der Waals surface area contributed by atoms with Crippen molar-refractivity contribution in [2.45, 2.75) is 57.1 Å². The van der Waals surface area contributed by atoms with Crippen molar-refractivity contribution in [1.29, 1.82) is 0 Å². The van der Waals surface area contributed by atoms with Crippen LogP contribution in [-0.2, 0) is 32.6 Å². The zero-order valence-corrected chi connectivity index (χ0v) is 30.2. The minimum atomic E-state index is -4.08. The van der Waals surface area contributed by atoms with Gasteiger partial charge < -0.3 is 14.6 Å². The number of hydrogen-bond donors (Lipinski definition) is 1. The van der Waals surface area contributed by atoms with Gasteiger partial charge in [0, 0.05) is 41.4 Å². The fraction of sp³-hybridized carbons (Fsp3) is 0.220. The molecule has 0 spiro atoms. The van der Waals surface area contributed by atoms with Crippen molar-refractivity contribution in [3.63, 3.8) is 0 Å². The number of allylic oxidation sites excluding steroid dienone is 1. The SMILES string of the molecule is C=CCCC(c1cccc(CCC(=O)OCC)c1)n1ccc(-c2cc(Oc3c(F)cc4c(ccn4S(=O)(=O)c4ccc(C)cc4)c3CO)ccc2F)n1. The van der Waals surface area contributed by atoms with E-state index in [0.717, 1.165) is 26.7 Å². The summed E-state index contributed by atoms with van der Waals surface area (Å²) in [6, 6.07) is 22.1. The second-order valence-electron chi connectivity index (χ2n) is 12.5. The molecule has 1 unspecified atom stereocenters. The Morgan fingerprint density at radius 1 is 1.00 bits per heavy atom. The number of fused-ring (bicyclic) bond motifs is 1. The number of aryl methyl sites for hydroxylation is 2. The van der Waals surface area contributed by atoms with Gasteiger partial charge in [0.2, 0.25) is 0 Å². The Morgan fingerprint density at radius 2 is 1.79 bits per heavy atom. The highest BCUT2D eigenvalue weighted by Gasteiger charge is 2.24. The summed E-state index contributed by atoms with van der Waals surface area (Å²) < 4.78 is 71.8. The largest absolute Gasteiger partial charge is 0.466 e. The lowest BCUT2D eigenvalue weighted by Crippen LogP contribution is -2.12. The number of carbonyl (C=O) groups excluding carboxylic acids is 1. The van der Waals surface area contributed by atoms with Crippen molar-refractivity contribution in [1.82, 2.24) is 13.8 Å². The second kappa shape index (κ2) is 16.0. The van der Waals surface area contributed by atoms with Gasteiger partial charge in [0.25, 0.3) is 10.0 Å². The van der Waals surface area contributed by atoms with Crippen molar-refractivity contribution in [3.8, 4) is 22.8 Å². The number of carbonyl (C=O) groups is 1. The molecule has 0 aliphatic rings. The second-order valence-corrected chi connectivity index (χ2v) is 14.4. The molecule has 0 saturated carbocycles. The van der Waals surface area contributed by atoms with Crippen LogP contribution in [0.3, 0.4) is 0 Å². The molecule has 0 saturated heterocycles. The number of hydrogen-bond acceptors (Lipinski definition) is 7. The smallest absolute Gasteiger partial charge is 0.306 e. The number of rotatable bonds is 15. The molecular weight excluding hydrogens is 701 g/mol. The van der Waals surface area contributed by atoms with Crippen LogP contribution in [0, 0.1) is 18.6 Å². The number of aliphatic hydroxyl groups is 1. The number of aliphatic hydroxyl groups excluding tert-OH is 1. The zero-order chi connectivity index (χ0) is 37.7. The summed E-state index contributed by atoms with van der Waals surface area (Å²) in [4.78, 5) is 12.0. The van der Waals surface area contributed by atoms with E-state index in [1.54, 1.807) is 36.0 Å². The first-order valence-electron chi connectivity index (χ1n) is 17.2. The number of aromatic nitrogens is 3. The fourth-order valence-corrected chi connectivity index (χ4v) is 7.61. The summed E-state index contributed by atoms with van der Waals surface area (Å²) in [7, 11) is -4.08. The van der Waals surface area contributed by atoms with Gasteiger partial charge >= 0.3 is 5.97 Å². The Hall–Kier alpha value is -5.59. The summed E-state index contributed by atoms with van der Waals surface area (Å²) >= 11 is 0. The van der Waals surface area contributed by atoms with Gasteiger partial charge in [-0.05, 0) is 86.7 Å². The van der Waals surface area contributed by atoms with E-state index in [0.29, 0.717) is 31.6 Å². The van der Waals surface area contributed by atoms with Crippen LogP contribution in [0.2, 0.25) is 0 Å². The quantitative estimate of drug-likeness (QED) is 0.0829. The van der Waals surface area contributed by atoms with Crippen LogP contribution in [0.15, 0.2) is 115 Å². The molecule has 0 aliphatic heterocycles. The lowest BCUT2D eigenvalue weighted by molar-refractivity contribution is -0.143. The molecule has 53 heavy (non-hydrogen) atoms. The van der Waals surface area contributed by atoms with Crippen LogP contribution in [0.1, 0.15) is 54.5 Å². The third-order valence-electron chi connectivity index (χ3n) is 8.97. The molecule has 2 heterocycles. The van der Waals surface area contributed by atoms with Gasteiger partial charge in [-0.25, -0.2) is 21.2 Å². The maximum atomic E-state index is 15.8. The van der Waals surface area contributed by atoms with Crippen molar-refractivity contribution >= 4 is 26.9 Å². The monoisotopic (exact) mass is 739 g/mol. The van der Waals surface area contributed by atoms with E-state index in [1.165, 1.54) is 42.6 Å². The molecule has 0 bridgehead atoms. The molecule has 0 fully saturated rings. The average Bonchev–Trinajstić information content (AvgIpc) is 3.81. The fourth-order valence-electron chi connectivity index (χ4n) is 6.28. The lowest BCUT2D eigenvalue weighted by atomic mass is 9.98. The molecule has 6 rings (SSSR count). The molecule has 9 nitrogen and oxygen atoms in total. The van der Waals surface area contributed by atoms with Crippen LogP contribution in [0.25, 0.3) is 22.2 Å². The Morgan fingerprint density at radius 3 is 2.53 bits per heavy atom. The third kappa shape index (κ3) is 7.93. The molecule has 1 N–H and O–H groups in total. The molecule has 0 radical (unpaired) electrons. The van der Waals surface area contributed by atoms with Gasteiger partial charge in [-0.15, -0.1) is 6.58 Å². The Labute approximate surface area is 306 Å². The summed E-state index contributed by atoms with van der Waals surface area (Å²) in [5.74, 6) is -1.99. The highest BCUT2D eigenvalue weighted by Crippen LogP contribution is 2.38. The van der Waals surface area contributed by atoms with Gasteiger partial charge in [0.05, 0.1) is 35.4 Å². The molecule has 4 aromatic carbocycles. The molecule has 1 atom stereocenters. The summed E-state index contributed by atoms with van der Waals surface area (Å²) in [6.07, 6.45) is 7.01. The van der Waals surface area contributed by atoms with E-state index >= 15 is 8.78 Å². The first kappa shape index (κ1) is 37.2. The lowest BCUT2D eigenvalue weighted by Gasteiger charge is -2.19. The van der Waals surface area contributed by atoms with Gasteiger partial charge in [-0.2, -0.15) is 5.10 Å². The standard InChI is InChI=1S/C41H39F2N3O6S/c1-4-6-10-38(29-9-7-8-28(23-29)13-18-40(48)51-5-2)45-21-20-37(44-45)33-24-30(14-17-35(33)42)52-41-34(26-47)32-19-22-46(39(32)25-36(41)43)53(49,50)31-15-11-27(3)12-16-31/h4,7-9,11-12,14-17,19-25,38,47H,1,5-6,10,13,18,26H2,2-3H3. The van der Waals surface area contributed by atoms with Crippen molar-refractivity contribution < 1.29 is 36.6 Å². The number of benzene rings is 4. The normalized spacial score (nSPS) is 12.2. The minimum Gasteiger partial charge on any atom is -0.466 e. The number of halogens is 2. The molecular formula is C41H39F2N3O6S. The van der Waals surface area contributed by atoms with E-state index in [9.17, 15) is 18.3 Å². The maximum Gasteiger partial charge on any atom is 0.306 e. The first-order valence-corrected chi connectivity index (χ1v) is 18.6. The van der Waals surface area contributed by atoms with Gasteiger partial charge in [0.1, 0.15) is 11.6 Å². The van der Waals surface area contributed by atoms with Crippen molar-refractivity contribution in [2.24, 2.45) is 0 Å². The van der Waals surface area contributed by atoms with E-state index < -0.39 is 28.3 Å². The first-order chi connectivity index (χ1) is 25.5. The van der Waals surface area contributed by atoms with E-state index in [2.05, 4.69) is 6.58 Å². The van der Waals surface area contributed by atoms with Crippen molar-refractivity contribution in [2.75, 3.05) is 6.61 Å². The molecule has 0 amide bonds. The predicted octanol–water partition coefficient (Wildman–Crippen LogP) is 8.66. The Kier molecular flexibility index (Phi) is 11.2. The predicted molar refractivity (Wildman–Crippen MR) is 198 cm³/mol. The Bertz CT molecular complexity index is 2390. The topological polar surface area (TPSA) is 113 Å². The van der Waals surface area contributed by atoms with Gasteiger partial charge in [-0.3, -0.25) is 9.48 Å². The van der Waals surface area contributed by atoms with Crippen LogP contribution in [0.5, 0.6) is 11.5 Å². The highest BCUT2D eigenvalue weighted by molar-refractivity contribution is 7.90. The number of esters is 1. The average molecular weight is 740 g/mol. The summed E-state index contributed by atoms with van der Waals surface area (Å²) in [5, 5.41) is 15.4. The third-order valence-corrected chi connectivity index (χ3v) is 10.7. The molecule has 274 valence electrons. The van der Waals surface area contributed by atoms with Gasteiger partial charge in [0.15, 0.2) is 11.6 Å². The van der Waals surface area contributed by atoms with Crippen LogP contribution in [0.4, 0.5) is 8.78 Å². The van der Waals surface area contributed by atoms with Crippen LogP contribution >= 0.6 is 0 Å². The van der Waals surface area contributed by atoms with E-state index in [-0.39, 0.29) is 56.9 Å². The number of ether oxygens (including phenoxy) is 2. The van der Waals surface area contributed by atoms with Gasteiger partial charge in [-0.1, -0.05) is 48.0 Å². The zero-order valence-electron chi connectivity index (χ0n) is 29.3. The summed E-state index contributed by atoms with van der Waals surface area (Å²) in [6.45, 7) is 7.14. The van der Waals surface area contributed by atoms with E-state index in [4.69, 9.17) is 14.6 Å². The summed E-state index contributed by atoms with van der Waals surface area (Å²) in [5.41, 5.74) is 3.29. The Balaban J connectivity index is 1.29. The molecule has 12 heteroatoms.